The molecule has 25 heavy (non-hydrogen) atoms. The molecule has 134 valence electrons. The van der Waals surface area contributed by atoms with E-state index in [1.54, 1.807) is 6.08 Å². The lowest BCUT2D eigenvalue weighted by Crippen LogP contribution is -2.51. The zero-order chi connectivity index (χ0) is 17.8. The summed E-state index contributed by atoms with van der Waals surface area (Å²) in [4.78, 5) is 28.1. The van der Waals surface area contributed by atoms with Crippen molar-refractivity contribution in [2.75, 3.05) is 19.6 Å². The molecule has 1 aromatic rings. The smallest absolute Gasteiger partial charge is 0.246 e. The maximum Gasteiger partial charge on any atom is 0.246 e. The lowest BCUT2D eigenvalue weighted by molar-refractivity contribution is -0.129. The van der Waals surface area contributed by atoms with Crippen LogP contribution in [-0.2, 0) is 9.59 Å². The Balaban J connectivity index is 1.53. The molecule has 0 aliphatic carbocycles. The number of nitrogens with two attached hydrogens (primary N) is 1. The average molecular weight is 341 g/mol. The van der Waals surface area contributed by atoms with E-state index in [-0.39, 0.29) is 17.9 Å². The molecule has 0 spiro atoms. The van der Waals surface area contributed by atoms with Gasteiger partial charge in [0.05, 0.1) is 6.04 Å². The molecule has 2 amide bonds. The van der Waals surface area contributed by atoms with Crippen molar-refractivity contribution in [3.05, 3.63) is 41.5 Å². The molecule has 1 atom stereocenters. The molecule has 0 saturated carbocycles. The summed E-state index contributed by atoms with van der Waals surface area (Å²) < 4.78 is 0. The highest BCUT2D eigenvalue weighted by molar-refractivity contribution is 5.91. The summed E-state index contributed by atoms with van der Waals surface area (Å²) in [5.74, 6) is -0.148. The molecule has 0 unspecified atom stereocenters. The Morgan fingerprint density at radius 3 is 2.60 bits per heavy atom. The molecule has 1 aromatic carbocycles. The molecule has 2 saturated heterocycles. The summed E-state index contributed by atoms with van der Waals surface area (Å²) in [5.41, 5.74) is 7.75. The number of carbonyl (C=O) groups excluding carboxylic acids is 2. The molecule has 0 bridgehead atoms. The van der Waals surface area contributed by atoms with Gasteiger partial charge in [0.2, 0.25) is 11.8 Å². The van der Waals surface area contributed by atoms with Crippen LogP contribution in [0.15, 0.2) is 30.3 Å². The van der Waals surface area contributed by atoms with Gasteiger partial charge >= 0.3 is 0 Å². The Labute approximate surface area is 149 Å². The minimum Gasteiger partial charge on any atom is -0.368 e. The van der Waals surface area contributed by atoms with Gasteiger partial charge in [-0.25, -0.2) is 0 Å². The third kappa shape index (κ3) is 4.28. The van der Waals surface area contributed by atoms with Gasteiger partial charge in [-0.05, 0) is 50.8 Å². The normalized spacial score (nSPS) is 22.6. The SMILES string of the molecule is Cc1cccc(/C=C\C(=O)N2CCC(N3CCC[C@H]3C(N)=O)CC2)c1. The van der Waals surface area contributed by atoms with E-state index in [0.717, 1.165) is 50.9 Å². The van der Waals surface area contributed by atoms with E-state index in [9.17, 15) is 9.59 Å². The van der Waals surface area contributed by atoms with Crippen LogP contribution in [0.25, 0.3) is 6.08 Å². The number of piperidine rings is 1. The fourth-order valence-corrected chi connectivity index (χ4v) is 4.00. The van der Waals surface area contributed by atoms with Gasteiger partial charge in [-0.3, -0.25) is 14.5 Å². The standard InChI is InChI=1S/C20H27N3O2/c1-15-4-2-5-16(14-15)7-8-19(24)22-12-9-17(10-13-22)23-11-3-6-18(23)20(21)25/h2,4-5,7-8,14,17-18H,3,6,9-13H2,1H3,(H2,21,25)/b8-7-/t18-/m0/s1. The zero-order valence-electron chi connectivity index (χ0n) is 14.9. The topological polar surface area (TPSA) is 66.6 Å². The number of hydrogen-bond donors (Lipinski definition) is 1. The number of amides is 2. The molecular formula is C20H27N3O2. The van der Waals surface area contributed by atoms with E-state index in [1.165, 1.54) is 5.56 Å². The van der Waals surface area contributed by atoms with E-state index in [0.29, 0.717) is 6.04 Å². The summed E-state index contributed by atoms with van der Waals surface area (Å²) in [6.07, 6.45) is 7.27. The largest absolute Gasteiger partial charge is 0.368 e. The molecule has 5 nitrogen and oxygen atoms in total. The minimum absolute atomic E-state index is 0.0628. The van der Waals surface area contributed by atoms with Crippen LogP contribution < -0.4 is 5.73 Å². The van der Waals surface area contributed by atoms with Crippen LogP contribution in [0.3, 0.4) is 0 Å². The van der Waals surface area contributed by atoms with Crippen LogP contribution >= 0.6 is 0 Å². The fourth-order valence-electron chi connectivity index (χ4n) is 4.00. The first-order valence-corrected chi connectivity index (χ1v) is 9.13. The van der Waals surface area contributed by atoms with Gasteiger partial charge in [0.1, 0.15) is 0 Å². The first-order chi connectivity index (χ1) is 12.0. The molecule has 5 heteroatoms. The average Bonchev–Trinajstić information content (AvgIpc) is 3.10. The number of benzene rings is 1. The quantitative estimate of drug-likeness (QED) is 0.851. The summed E-state index contributed by atoms with van der Waals surface area (Å²) in [7, 11) is 0. The van der Waals surface area contributed by atoms with E-state index < -0.39 is 0 Å². The van der Waals surface area contributed by atoms with Gasteiger partial charge in [-0.2, -0.15) is 0 Å². The molecule has 0 radical (unpaired) electrons. The Morgan fingerprint density at radius 1 is 1.16 bits per heavy atom. The molecule has 2 N–H and O–H groups in total. The summed E-state index contributed by atoms with van der Waals surface area (Å²) in [6, 6.07) is 8.35. The van der Waals surface area contributed by atoms with Crippen molar-refractivity contribution < 1.29 is 9.59 Å². The van der Waals surface area contributed by atoms with E-state index >= 15 is 0 Å². The van der Waals surface area contributed by atoms with Crippen molar-refractivity contribution in [1.82, 2.24) is 9.80 Å². The van der Waals surface area contributed by atoms with Crippen LogP contribution in [0, 0.1) is 6.92 Å². The molecule has 0 aromatic heterocycles. The highest BCUT2D eigenvalue weighted by Crippen LogP contribution is 2.26. The van der Waals surface area contributed by atoms with Crippen LogP contribution in [-0.4, -0.2) is 53.3 Å². The second kappa shape index (κ2) is 7.83. The number of likely N-dealkylation sites (tertiary alicyclic amines) is 2. The highest BCUT2D eigenvalue weighted by Gasteiger charge is 2.35. The Hall–Kier alpha value is -2.14. The second-order valence-corrected chi connectivity index (χ2v) is 7.10. The lowest BCUT2D eigenvalue weighted by Gasteiger charge is -2.38. The monoisotopic (exact) mass is 341 g/mol. The van der Waals surface area contributed by atoms with Gasteiger partial charge in [-0.1, -0.05) is 29.8 Å². The highest BCUT2D eigenvalue weighted by atomic mass is 16.2. The van der Waals surface area contributed by atoms with Gasteiger partial charge < -0.3 is 10.6 Å². The third-order valence-electron chi connectivity index (χ3n) is 5.33. The maximum absolute atomic E-state index is 12.4. The van der Waals surface area contributed by atoms with Gasteiger partial charge in [0.15, 0.2) is 0 Å². The van der Waals surface area contributed by atoms with Crippen LogP contribution in [0.2, 0.25) is 0 Å². The van der Waals surface area contributed by atoms with Gasteiger partial charge in [-0.15, -0.1) is 0 Å². The van der Waals surface area contributed by atoms with E-state index in [2.05, 4.69) is 11.0 Å². The number of carbonyl (C=O) groups is 2. The molecule has 2 aliphatic rings. The number of rotatable bonds is 4. The second-order valence-electron chi connectivity index (χ2n) is 7.10. The third-order valence-corrected chi connectivity index (χ3v) is 5.33. The number of hydrogen-bond acceptors (Lipinski definition) is 3. The number of nitrogens with zero attached hydrogens (tertiary/aromatic N) is 2. The molecule has 2 fully saturated rings. The van der Waals surface area contributed by atoms with Crippen molar-refractivity contribution >= 4 is 17.9 Å². The molecule has 2 heterocycles. The summed E-state index contributed by atoms with van der Waals surface area (Å²) in [5, 5.41) is 0. The van der Waals surface area contributed by atoms with Crippen LogP contribution in [0.5, 0.6) is 0 Å². The van der Waals surface area contributed by atoms with Gasteiger partial charge in [0.25, 0.3) is 0 Å². The molecular weight excluding hydrogens is 314 g/mol. The van der Waals surface area contributed by atoms with Gasteiger partial charge in [0, 0.05) is 25.2 Å². The Kier molecular flexibility index (Phi) is 5.53. The first kappa shape index (κ1) is 17.7. The molecule has 3 rings (SSSR count). The fraction of sp³-hybridized carbons (Fsp3) is 0.500. The number of primary amides is 1. The zero-order valence-corrected chi connectivity index (χ0v) is 14.9. The van der Waals surface area contributed by atoms with Crippen molar-refractivity contribution in [2.24, 2.45) is 5.73 Å². The van der Waals surface area contributed by atoms with Crippen molar-refractivity contribution in [1.29, 1.82) is 0 Å². The summed E-state index contributed by atoms with van der Waals surface area (Å²) >= 11 is 0. The maximum atomic E-state index is 12.4. The van der Waals surface area contributed by atoms with E-state index in [1.807, 2.05) is 36.1 Å². The molecule has 2 aliphatic heterocycles. The van der Waals surface area contributed by atoms with Crippen LogP contribution in [0.1, 0.15) is 36.8 Å². The predicted molar refractivity (Wildman–Crippen MR) is 98.7 cm³/mol. The van der Waals surface area contributed by atoms with Crippen molar-refractivity contribution in [2.45, 2.75) is 44.7 Å². The first-order valence-electron chi connectivity index (χ1n) is 9.13. The van der Waals surface area contributed by atoms with E-state index in [4.69, 9.17) is 5.73 Å². The van der Waals surface area contributed by atoms with Crippen LogP contribution in [0.4, 0.5) is 0 Å². The lowest BCUT2D eigenvalue weighted by atomic mass is 10.0. The predicted octanol–water partition coefficient (Wildman–Crippen LogP) is 1.95. The summed E-state index contributed by atoms with van der Waals surface area (Å²) in [6.45, 7) is 4.47. The van der Waals surface area contributed by atoms with Crippen molar-refractivity contribution in [3.8, 4) is 0 Å². The van der Waals surface area contributed by atoms with Crippen molar-refractivity contribution in [3.63, 3.8) is 0 Å². The minimum atomic E-state index is -0.211. The number of aryl methyl sites for hydroxylation is 1. The Bertz CT molecular complexity index is 663. The Morgan fingerprint density at radius 2 is 1.92 bits per heavy atom.